The summed E-state index contributed by atoms with van der Waals surface area (Å²) in [4.78, 5) is 39.0. The Bertz CT molecular complexity index is 1410. The van der Waals surface area contributed by atoms with Gasteiger partial charge < -0.3 is 19.5 Å². The molecule has 1 saturated heterocycles. The highest BCUT2D eigenvalue weighted by Crippen LogP contribution is 2.34. The third kappa shape index (κ3) is 5.75. The van der Waals surface area contributed by atoms with Crippen molar-refractivity contribution in [1.29, 1.82) is 0 Å². The summed E-state index contributed by atoms with van der Waals surface area (Å²) in [6.07, 6.45) is 1.56. The Morgan fingerprint density at radius 2 is 1.84 bits per heavy atom. The molecule has 2 aliphatic heterocycles. The maximum Gasteiger partial charge on any atom is 0.294 e. The molecule has 0 atom stereocenters. The van der Waals surface area contributed by atoms with Crippen molar-refractivity contribution in [3.63, 3.8) is 0 Å². The van der Waals surface area contributed by atoms with E-state index in [9.17, 15) is 18.8 Å². The summed E-state index contributed by atoms with van der Waals surface area (Å²) < 4.78 is 30.5. The summed E-state index contributed by atoms with van der Waals surface area (Å²) >= 11 is 0.753. The molecule has 188 valence electrons. The molecule has 0 aliphatic carbocycles. The summed E-state index contributed by atoms with van der Waals surface area (Å²) in [5.74, 6) is 0.134. The summed E-state index contributed by atoms with van der Waals surface area (Å²) in [6.45, 7) is 0.484. The average Bonchev–Trinajstić information content (AvgIpc) is 3.15. The van der Waals surface area contributed by atoms with E-state index in [0.717, 1.165) is 16.7 Å². The molecule has 10 heteroatoms. The minimum atomic E-state index is -0.565. The number of thioether (sulfide) groups is 1. The predicted molar refractivity (Wildman–Crippen MR) is 136 cm³/mol. The number of ether oxygens (including phenoxy) is 3. The highest BCUT2D eigenvalue weighted by Gasteiger charge is 2.36. The second-order valence-corrected chi connectivity index (χ2v) is 9.12. The van der Waals surface area contributed by atoms with Gasteiger partial charge >= 0.3 is 0 Å². The molecule has 0 saturated carbocycles. The van der Waals surface area contributed by atoms with Crippen LogP contribution in [0.4, 0.5) is 14.9 Å². The molecule has 0 unspecified atom stereocenters. The van der Waals surface area contributed by atoms with Crippen LogP contribution in [0.15, 0.2) is 71.6 Å². The molecule has 0 aromatic heterocycles. The topological polar surface area (TPSA) is 94.2 Å². The highest BCUT2D eigenvalue weighted by molar-refractivity contribution is 8.18. The zero-order chi connectivity index (χ0) is 25.8. The minimum Gasteiger partial charge on any atom is -0.489 e. The number of carbonyl (C=O) groups excluding carboxylic acids is 3. The van der Waals surface area contributed by atoms with Gasteiger partial charge in [0.15, 0.2) is 11.5 Å². The first kappa shape index (κ1) is 24.4. The Hall–Kier alpha value is -4.31. The third-order valence-corrected chi connectivity index (χ3v) is 6.42. The summed E-state index contributed by atoms with van der Waals surface area (Å²) in [5.41, 5.74) is 1.50. The van der Waals surface area contributed by atoms with Crippen molar-refractivity contribution < 1.29 is 33.0 Å². The number of benzene rings is 3. The van der Waals surface area contributed by atoms with Crippen LogP contribution in [0.3, 0.4) is 0 Å². The molecular weight excluding hydrogens is 499 g/mol. The van der Waals surface area contributed by atoms with Crippen LogP contribution >= 0.6 is 11.8 Å². The number of fused-ring (bicyclic) bond motifs is 1. The molecule has 2 heterocycles. The number of nitrogens with one attached hydrogen (secondary N) is 1. The maximum atomic E-state index is 13.8. The molecule has 8 nitrogen and oxygen atoms in total. The smallest absolute Gasteiger partial charge is 0.294 e. The number of halogens is 1. The standard InChI is InChI=1S/C27H21FN2O6S/c28-21-7-2-1-5-18(21)16-36-20-6-3-4-17(12-20)13-24-26(32)30(27(33)37-24)15-25(31)29-19-8-9-22-23(14-19)35-11-10-34-22/h1-9,12-14H,10-11,15-16H2,(H,29,31). The second-order valence-electron chi connectivity index (χ2n) is 8.13. The molecular formula is C27H21FN2O6S. The SMILES string of the molecule is O=C(CN1C(=O)SC(=Cc2cccc(OCc3ccccc3F)c2)C1=O)Nc1ccc2c(c1)OCCO2. The first-order valence-corrected chi connectivity index (χ1v) is 12.2. The van der Waals surface area contributed by atoms with Gasteiger partial charge in [0.1, 0.15) is 37.9 Å². The Labute approximate surface area is 216 Å². The normalized spacial score (nSPS) is 15.7. The second kappa shape index (κ2) is 10.8. The van der Waals surface area contributed by atoms with Crippen LogP contribution in [-0.4, -0.2) is 41.7 Å². The van der Waals surface area contributed by atoms with Crippen LogP contribution in [0, 0.1) is 5.82 Å². The fraction of sp³-hybridized carbons (Fsp3) is 0.148. The average molecular weight is 521 g/mol. The van der Waals surface area contributed by atoms with Crippen LogP contribution < -0.4 is 19.5 Å². The van der Waals surface area contributed by atoms with E-state index in [-0.39, 0.29) is 17.3 Å². The van der Waals surface area contributed by atoms with Gasteiger partial charge in [-0.25, -0.2) is 4.39 Å². The maximum absolute atomic E-state index is 13.8. The number of anilines is 1. The first-order valence-electron chi connectivity index (χ1n) is 11.4. The summed E-state index contributed by atoms with van der Waals surface area (Å²) in [5, 5.41) is 2.13. The van der Waals surface area contributed by atoms with Crippen LogP contribution in [0.25, 0.3) is 6.08 Å². The van der Waals surface area contributed by atoms with E-state index < -0.39 is 23.6 Å². The van der Waals surface area contributed by atoms with Crippen molar-refractivity contribution in [2.24, 2.45) is 0 Å². The van der Waals surface area contributed by atoms with E-state index >= 15 is 0 Å². The van der Waals surface area contributed by atoms with Gasteiger partial charge in [0.25, 0.3) is 11.1 Å². The molecule has 1 fully saturated rings. The molecule has 3 aromatic carbocycles. The predicted octanol–water partition coefficient (Wildman–Crippen LogP) is 4.85. The minimum absolute atomic E-state index is 0.0467. The van der Waals surface area contributed by atoms with Gasteiger partial charge in [-0.2, -0.15) is 0 Å². The zero-order valence-corrected chi connectivity index (χ0v) is 20.3. The fourth-order valence-electron chi connectivity index (χ4n) is 3.72. The van der Waals surface area contributed by atoms with Crippen molar-refractivity contribution in [2.75, 3.05) is 25.1 Å². The Morgan fingerprint density at radius 1 is 1.03 bits per heavy atom. The fourth-order valence-corrected chi connectivity index (χ4v) is 4.56. The van der Waals surface area contributed by atoms with E-state index in [4.69, 9.17) is 14.2 Å². The van der Waals surface area contributed by atoms with Gasteiger partial charge in [-0.1, -0.05) is 30.3 Å². The molecule has 2 aliphatic rings. The quantitative estimate of drug-likeness (QED) is 0.445. The number of carbonyl (C=O) groups is 3. The molecule has 1 N–H and O–H groups in total. The van der Waals surface area contributed by atoms with Gasteiger partial charge in [0.2, 0.25) is 5.91 Å². The van der Waals surface area contributed by atoms with E-state index in [1.54, 1.807) is 66.7 Å². The lowest BCUT2D eigenvalue weighted by Gasteiger charge is -2.19. The van der Waals surface area contributed by atoms with Gasteiger partial charge in [0.05, 0.1) is 4.91 Å². The number of rotatable bonds is 7. The lowest BCUT2D eigenvalue weighted by Crippen LogP contribution is -2.36. The van der Waals surface area contributed by atoms with Crippen LogP contribution in [0.2, 0.25) is 0 Å². The van der Waals surface area contributed by atoms with Crippen LogP contribution in [0.1, 0.15) is 11.1 Å². The Balaban J connectivity index is 1.22. The lowest BCUT2D eigenvalue weighted by molar-refractivity contribution is -0.127. The van der Waals surface area contributed by atoms with Crippen LogP contribution in [0.5, 0.6) is 17.2 Å². The molecule has 0 bridgehead atoms. The Kier molecular flexibility index (Phi) is 7.09. The number of nitrogens with zero attached hydrogens (tertiary/aromatic N) is 1. The van der Waals surface area contributed by atoms with Crippen LogP contribution in [-0.2, 0) is 16.2 Å². The number of hydrogen-bond donors (Lipinski definition) is 1. The molecule has 3 amide bonds. The van der Waals surface area contributed by atoms with E-state index in [1.165, 1.54) is 6.07 Å². The summed E-state index contributed by atoms with van der Waals surface area (Å²) in [7, 11) is 0. The van der Waals surface area contributed by atoms with E-state index in [0.29, 0.717) is 47.3 Å². The monoisotopic (exact) mass is 520 g/mol. The van der Waals surface area contributed by atoms with E-state index in [2.05, 4.69) is 5.32 Å². The zero-order valence-electron chi connectivity index (χ0n) is 19.4. The first-order chi connectivity index (χ1) is 18.0. The van der Waals surface area contributed by atoms with Gasteiger partial charge in [0, 0.05) is 17.3 Å². The Morgan fingerprint density at radius 3 is 2.68 bits per heavy atom. The third-order valence-electron chi connectivity index (χ3n) is 5.51. The van der Waals surface area contributed by atoms with Gasteiger partial charge in [-0.05, 0) is 53.7 Å². The van der Waals surface area contributed by atoms with Crippen molar-refractivity contribution in [3.8, 4) is 17.2 Å². The molecule has 5 rings (SSSR count). The summed E-state index contributed by atoms with van der Waals surface area (Å²) in [6, 6.07) is 18.2. The van der Waals surface area contributed by atoms with Gasteiger partial charge in [-0.15, -0.1) is 0 Å². The molecule has 37 heavy (non-hydrogen) atoms. The number of imide groups is 1. The van der Waals surface area contributed by atoms with Gasteiger partial charge in [-0.3, -0.25) is 19.3 Å². The van der Waals surface area contributed by atoms with Crippen molar-refractivity contribution in [1.82, 2.24) is 4.90 Å². The van der Waals surface area contributed by atoms with Crippen molar-refractivity contribution in [2.45, 2.75) is 6.61 Å². The molecule has 0 radical (unpaired) electrons. The largest absolute Gasteiger partial charge is 0.489 e. The highest BCUT2D eigenvalue weighted by atomic mass is 32.2. The number of amides is 3. The van der Waals surface area contributed by atoms with E-state index in [1.807, 2.05) is 0 Å². The molecule has 3 aromatic rings. The van der Waals surface area contributed by atoms with Crippen molar-refractivity contribution in [3.05, 3.63) is 88.6 Å². The lowest BCUT2D eigenvalue weighted by atomic mass is 10.2. The molecule has 0 spiro atoms. The van der Waals surface area contributed by atoms with Crippen molar-refractivity contribution >= 4 is 40.6 Å². The number of hydrogen-bond acceptors (Lipinski definition) is 7.